The molecule has 5 rings (SSSR count). The van der Waals surface area contributed by atoms with E-state index in [4.69, 9.17) is 9.72 Å². The summed E-state index contributed by atoms with van der Waals surface area (Å²) in [5.74, 6) is 3.92. The summed E-state index contributed by atoms with van der Waals surface area (Å²) in [6, 6.07) is 8.04. The first-order chi connectivity index (χ1) is 14.2. The molecule has 150 valence electrons. The van der Waals surface area contributed by atoms with Crippen molar-refractivity contribution in [2.24, 2.45) is 5.92 Å². The Morgan fingerprint density at radius 2 is 2.07 bits per heavy atom. The van der Waals surface area contributed by atoms with Crippen LogP contribution in [0.1, 0.15) is 58.2 Å². The number of rotatable bonds is 8. The normalized spacial score (nSPS) is 20.5. The Labute approximate surface area is 174 Å². The van der Waals surface area contributed by atoms with Crippen molar-refractivity contribution >= 4 is 17.2 Å². The number of hydrogen-bond donors (Lipinski definition) is 1. The maximum atomic E-state index is 6.09. The molecule has 0 aliphatic heterocycles. The van der Waals surface area contributed by atoms with Crippen molar-refractivity contribution in [1.82, 2.24) is 19.9 Å². The SMILES string of the molecule is Cc1nc(C)c(CNc2cc(OCC3CC3c3ccccn3)nc(C3CC3)n2)s1. The van der Waals surface area contributed by atoms with Gasteiger partial charge in [0.1, 0.15) is 11.6 Å². The Morgan fingerprint density at radius 3 is 2.79 bits per heavy atom. The highest BCUT2D eigenvalue weighted by atomic mass is 32.1. The van der Waals surface area contributed by atoms with Gasteiger partial charge in [-0.2, -0.15) is 4.98 Å². The molecule has 2 atom stereocenters. The first-order valence-corrected chi connectivity index (χ1v) is 11.1. The average molecular weight is 408 g/mol. The third-order valence-electron chi connectivity index (χ3n) is 5.53. The summed E-state index contributed by atoms with van der Waals surface area (Å²) in [4.78, 5) is 19.6. The Bertz CT molecular complexity index is 1000. The minimum atomic E-state index is 0.480. The minimum Gasteiger partial charge on any atom is -0.477 e. The molecule has 29 heavy (non-hydrogen) atoms. The second-order valence-corrected chi connectivity index (χ2v) is 9.27. The van der Waals surface area contributed by atoms with Crippen LogP contribution in [0.25, 0.3) is 0 Å². The summed E-state index contributed by atoms with van der Waals surface area (Å²) in [6.45, 7) is 5.49. The van der Waals surface area contributed by atoms with E-state index in [9.17, 15) is 0 Å². The molecule has 3 heterocycles. The summed E-state index contributed by atoms with van der Waals surface area (Å²) in [7, 11) is 0. The summed E-state index contributed by atoms with van der Waals surface area (Å²) >= 11 is 1.73. The van der Waals surface area contributed by atoms with E-state index in [-0.39, 0.29) is 0 Å². The first-order valence-electron chi connectivity index (χ1n) is 10.2. The lowest BCUT2D eigenvalue weighted by Crippen LogP contribution is -2.08. The minimum absolute atomic E-state index is 0.480. The third kappa shape index (κ3) is 4.40. The van der Waals surface area contributed by atoms with Gasteiger partial charge >= 0.3 is 0 Å². The Morgan fingerprint density at radius 1 is 1.17 bits per heavy atom. The molecule has 2 aliphatic carbocycles. The van der Waals surface area contributed by atoms with E-state index in [1.54, 1.807) is 11.3 Å². The molecule has 0 spiro atoms. The number of nitrogens with zero attached hydrogens (tertiary/aromatic N) is 4. The van der Waals surface area contributed by atoms with E-state index in [1.165, 1.54) is 23.4 Å². The van der Waals surface area contributed by atoms with Gasteiger partial charge in [-0.25, -0.2) is 9.97 Å². The molecule has 7 heteroatoms. The zero-order chi connectivity index (χ0) is 19.8. The van der Waals surface area contributed by atoms with E-state index in [2.05, 4.69) is 39.3 Å². The van der Waals surface area contributed by atoms with Gasteiger partial charge in [-0.1, -0.05) is 6.07 Å². The molecule has 3 aromatic heterocycles. The molecule has 2 aliphatic rings. The molecule has 6 nitrogen and oxygen atoms in total. The van der Waals surface area contributed by atoms with E-state index in [0.29, 0.717) is 30.2 Å². The summed E-state index contributed by atoms with van der Waals surface area (Å²) in [5, 5.41) is 4.54. The molecule has 0 bridgehead atoms. The maximum Gasteiger partial charge on any atom is 0.218 e. The standard InChI is InChI=1S/C22H25N5OS/c1-13-19(29-14(2)25-13)11-24-20-10-21(27-22(26-20)15-6-7-15)28-12-16-9-17(16)18-5-3-4-8-23-18/h3-5,8,10,15-17H,6-7,9,11-12H2,1-2H3,(H,24,26,27). The lowest BCUT2D eigenvalue weighted by atomic mass is 10.2. The fraction of sp³-hybridized carbons (Fsp3) is 0.455. The van der Waals surface area contributed by atoms with Gasteiger partial charge in [0, 0.05) is 40.6 Å². The van der Waals surface area contributed by atoms with Gasteiger partial charge in [0.15, 0.2) is 0 Å². The summed E-state index contributed by atoms with van der Waals surface area (Å²) < 4.78 is 6.09. The van der Waals surface area contributed by atoms with Crippen molar-refractivity contribution in [2.75, 3.05) is 11.9 Å². The Balaban J connectivity index is 1.24. The number of aromatic nitrogens is 4. The number of thiazole rings is 1. The quantitative estimate of drug-likeness (QED) is 0.587. The van der Waals surface area contributed by atoms with Gasteiger partial charge in [0.05, 0.1) is 23.9 Å². The molecule has 2 unspecified atom stereocenters. The molecular formula is C22H25N5OS. The van der Waals surface area contributed by atoms with E-state index < -0.39 is 0 Å². The highest BCUT2D eigenvalue weighted by Crippen LogP contribution is 2.46. The fourth-order valence-corrected chi connectivity index (χ4v) is 4.50. The van der Waals surface area contributed by atoms with E-state index in [1.807, 2.05) is 25.3 Å². The number of anilines is 1. The molecular weight excluding hydrogens is 382 g/mol. The molecule has 3 aromatic rings. The van der Waals surface area contributed by atoms with Crippen LogP contribution >= 0.6 is 11.3 Å². The summed E-state index contributed by atoms with van der Waals surface area (Å²) in [6.07, 6.45) is 5.33. The average Bonchev–Trinajstić information content (AvgIpc) is 3.64. The summed E-state index contributed by atoms with van der Waals surface area (Å²) in [5.41, 5.74) is 2.25. The third-order valence-corrected chi connectivity index (χ3v) is 6.60. The van der Waals surface area contributed by atoms with Crippen molar-refractivity contribution in [3.8, 4) is 5.88 Å². The number of nitrogens with one attached hydrogen (secondary N) is 1. The lowest BCUT2D eigenvalue weighted by molar-refractivity contribution is 0.284. The lowest BCUT2D eigenvalue weighted by Gasteiger charge is -2.11. The van der Waals surface area contributed by atoms with Gasteiger partial charge in [-0.3, -0.25) is 4.98 Å². The molecule has 0 amide bonds. The van der Waals surface area contributed by atoms with Crippen molar-refractivity contribution in [3.63, 3.8) is 0 Å². The first kappa shape index (κ1) is 18.5. The highest BCUT2D eigenvalue weighted by Gasteiger charge is 2.40. The van der Waals surface area contributed by atoms with E-state index >= 15 is 0 Å². The highest BCUT2D eigenvalue weighted by molar-refractivity contribution is 7.11. The van der Waals surface area contributed by atoms with Gasteiger partial charge in [0.2, 0.25) is 5.88 Å². The van der Waals surface area contributed by atoms with Gasteiger partial charge < -0.3 is 10.1 Å². The Kier molecular flexibility index (Phi) is 4.91. The maximum absolute atomic E-state index is 6.09. The van der Waals surface area contributed by atoms with Crippen LogP contribution in [0.15, 0.2) is 30.5 Å². The van der Waals surface area contributed by atoms with Crippen molar-refractivity contribution in [3.05, 3.63) is 57.6 Å². The second-order valence-electron chi connectivity index (χ2n) is 7.99. The van der Waals surface area contributed by atoms with Crippen LogP contribution in [0.5, 0.6) is 5.88 Å². The monoisotopic (exact) mass is 407 g/mol. The molecule has 0 aromatic carbocycles. The predicted molar refractivity (Wildman–Crippen MR) is 114 cm³/mol. The van der Waals surface area contributed by atoms with Gasteiger partial charge in [-0.15, -0.1) is 11.3 Å². The zero-order valence-corrected chi connectivity index (χ0v) is 17.6. The number of pyridine rings is 1. The topological polar surface area (TPSA) is 72.8 Å². The molecule has 2 fully saturated rings. The molecule has 0 radical (unpaired) electrons. The van der Waals surface area contributed by atoms with Crippen LogP contribution in [-0.4, -0.2) is 26.5 Å². The van der Waals surface area contributed by atoms with Crippen LogP contribution in [-0.2, 0) is 6.54 Å². The zero-order valence-electron chi connectivity index (χ0n) is 16.8. The van der Waals surface area contributed by atoms with Gasteiger partial charge in [-0.05, 0) is 45.2 Å². The van der Waals surface area contributed by atoms with Crippen LogP contribution in [0, 0.1) is 19.8 Å². The van der Waals surface area contributed by atoms with Crippen LogP contribution in [0.4, 0.5) is 5.82 Å². The largest absolute Gasteiger partial charge is 0.477 e. The van der Waals surface area contributed by atoms with Crippen LogP contribution in [0.2, 0.25) is 0 Å². The number of hydrogen-bond acceptors (Lipinski definition) is 7. The van der Waals surface area contributed by atoms with Crippen LogP contribution in [0.3, 0.4) is 0 Å². The van der Waals surface area contributed by atoms with Crippen molar-refractivity contribution in [1.29, 1.82) is 0 Å². The number of ether oxygens (including phenoxy) is 1. The predicted octanol–water partition coefficient (Wildman–Crippen LogP) is 4.62. The fourth-order valence-electron chi connectivity index (χ4n) is 3.62. The van der Waals surface area contributed by atoms with Crippen LogP contribution < -0.4 is 10.1 Å². The second kappa shape index (κ2) is 7.71. The smallest absolute Gasteiger partial charge is 0.218 e. The Hall–Kier alpha value is -2.54. The molecule has 0 saturated heterocycles. The molecule has 1 N–H and O–H groups in total. The van der Waals surface area contributed by atoms with Gasteiger partial charge in [0.25, 0.3) is 0 Å². The molecule has 2 saturated carbocycles. The van der Waals surface area contributed by atoms with E-state index in [0.717, 1.165) is 35.3 Å². The number of aryl methyl sites for hydroxylation is 2. The van der Waals surface area contributed by atoms with Crippen molar-refractivity contribution < 1.29 is 4.74 Å². The van der Waals surface area contributed by atoms with Crippen molar-refractivity contribution in [2.45, 2.75) is 51.5 Å².